The number of aryl methyl sites for hydroxylation is 1. The number of carboxylic acid groups (broad SMARTS) is 1. The van der Waals surface area contributed by atoms with Crippen LogP contribution in [-0.2, 0) is 35.1 Å². The van der Waals surface area contributed by atoms with Crippen LogP contribution in [0.4, 0.5) is 0 Å². The van der Waals surface area contributed by atoms with E-state index in [1.54, 1.807) is 17.5 Å². The summed E-state index contributed by atoms with van der Waals surface area (Å²) >= 11 is 2.57. The normalized spacial score (nSPS) is 19.4. The van der Waals surface area contributed by atoms with Crippen LogP contribution in [0.2, 0.25) is 0 Å². The zero-order valence-corrected chi connectivity index (χ0v) is 21.5. The number of carbonyl (C=O) groups is 5. The molecule has 3 heterocycles. The summed E-state index contributed by atoms with van der Waals surface area (Å²) in [6.45, 7) is 0.984. The van der Waals surface area contributed by atoms with Crippen molar-refractivity contribution in [3.63, 3.8) is 0 Å². The van der Waals surface area contributed by atoms with Crippen molar-refractivity contribution in [2.24, 2.45) is 0 Å². The first-order valence-electron chi connectivity index (χ1n) is 11.5. The topological polar surface area (TPSA) is 142 Å². The van der Waals surface area contributed by atoms with Crippen molar-refractivity contribution >= 4 is 52.8 Å². The van der Waals surface area contributed by atoms with Crippen LogP contribution < -0.4 is 10.6 Å². The summed E-state index contributed by atoms with van der Waals surface area (Å²) in [5.41, 5.74) is 1.08. The van der Waals surface area contributed by atoms with Crippen LogP contribution in [0, 0.1) is 0 Å². The van der Waals surface area contributed by atoms with Crippen molar-refractivity contribution in [1.29, 1.82) is 0 Å². The fraction of sp³-hybridized carbons (Fsp3) is 0.320. The van der Waals surface area contributed by atoms with E-state index in [4.69, 9.17) is 4.74 Å². The van der Waals surface area contributed by atoms with Crippen molar-refractivity contribution in [2.75, 3.05) is 12.4 Å². The quantitative estimate of drug-likeness (QED) is 0.304. The third kappa shape index (κ3) is 6.03. The number of benzene rings is 1. The summed E-state index contributed by atoms with van der Waals surface area (Å²) in [5.74, 6) is -3.09. The Hall–Kier alpha value is -3.64. The molecule has 2 aliphatic heterocycles. The van der Waals surface area contributed by atoms with Gasteiger partial charge < -0.3 is 20.5 Å². The Morgan fingerprint density at radius 3 is 2.57 bits per heavy atom. The van der Waals surface area contributed by atoms with Crippen LogP contribution in [-0.4, -0.2) is 63.4 Å². The molecule has 2 aromatic rings. The maximum absolute atomic E-state index is 13.2. The summed E-state index contributed by atoms with van der Waals surface area (Å²) in [4.78, 5) is 63.6. The Balaban J connectivity index is 1.43. The number of carboxylic acids is 1. The van der Waals surface area contributed by atoms with E-state index in [0.29, 0.717) is 16.9 Å². The van der Waals surface area contributed by atoms with Crippen LogP contribution in [0.5, 0.6) is 0 Å². The van der Waals surface area contributed by atoms with Gasteiger partial charge in [-0.05, 0) is 23.4 Å². The van der Waals surface area contributed by atoms with Crippen molar-refractivity contribution in [3.05, 3.63) is 69.6 Å². The van der Waals surface area contributed by atoms with E-state index in [9.17, 15) is 29.1 Å². The molecular weight excluding hydrogens is 518 g/mol. The van der Waals surface area contributed by atoms with Gasteiger partial charge in [-0.2, -0.15) is 0 Å². The van der Waals surface area contributed by atoms with Gasteiger partial charge in [0, 0.05) is 29.5 Å². The lowest BCUT2D eigenvalue weighted by atomic mass is 10.0. The number of hydrogen-bond donors (Lipinski definition) is 3. The summed E-state index contributed by atoms with van der Waals surface area (Å²) in [6, 6.07) is 11.1. The second-order valence-corrected chi connectivity index (χ2v) is 10.5. The lowest BCUT2D eigenvalue weighted by molar-refractivity contribution is -0.151. The maximum Gasteiger partial charge on any atom is 0.352 e. The fourth-order valence-corrected chi connectivity index (χ4v) is 6.18. The molecule has 0 aliphatic carbocycles. The number of esters is 1. The van der Waals surface area contributed by atoms with Crippen molar-refractivity contribution in [3.8, 4) is 0 Å². The number of nitrogens with one attached hydrogen (secondary N) is 2. The number of thioether (sulfide) groups is 1. The maximum atomic E-state index is 13.2. The molecule has 0 bridgehead atoms. The summed E-state index contributed by atoms with van der Waals surface area (Å²) in [7, 11) is 0. The van der Waals surface area contributed by atoms with Gasteiger partial charge in [0.1, 0.15) is 29.8 Å². The standard InChI is InChI=1S/C25H25N3O7S2/c1-14(29)35-12-16-13-37-24-20(23(32)28(24)21(16)25(33)34)27-22(31)19(17-8-5-11-36-17)26-18(30)10-9-15-6-3-2-4-7-15/h2-8,11,19-20,24H,9-10,12-13H2,1H3,(H,26,30)(H,27,31)(H,33,34)/t19?,20-,24-/m1/s1. The average Bonchev–Trinajstić information content (AvgIpc) is 3.42. The molecule has 1 fully saturated rings. The molecule has 12 heteroatoms. The molecule has 194 valence electrons. The largest absolute Gasteiger partial charge is 0.477 e. The Morgan fingerprint density at radius 2 is 1.92 bits per heavy atom. The number of nitrogens with zero attached hydrogens (tertiary/aromatic N) is 1. The Labute approximate surface area is 221 Å². The number of thiophene rings is 1. The van der Waals surface area contributed by atoms with Crippen molar-refractivity contribution in [1.82, 2.24) is 15.5 Å². The highest BCUT2D eigenvalue weighted by molar-refractivity contribution is 8.00. The van der Waals surface area contributed by atoms with E-state index in [1.807, 2.05) is 30.3 Å². The summed E-state index contributed by atoms with van der Waals surface area (Å²) in [6.07, 6.45) is 0.700. The first-order chi connectivity index (χ1) is 17.8. The predicted octanol–water partition coefficient (Wildman–Crippen LogP) is 1.84. The number of aliphatic carboxylic acids is 1. The van der Waals surface area contributed by atoms with Crippen LogP contribution in [0.25, 0.3) is 0 Å². The fourth-order valence-electron chi connectivity index (χ4n) is 4.08. The smallest absolute Gasteiger partial charge is 0.352 e. The van der Waals surface area contributed by atoms with Crippen LogP contribution in [0.15, 0.2) is 59.1 Å². The molecule has 4 rings (SSSR count). The third-order valence-electron chi connectivity index (χ3n) is 5.88. The van der Waals surface area contributed by atoms with Crippen LogP contribution in [0.1, 0.15) is 29.8 Å². The van der Waals surface area contributed by atoms with E-state index in [1.165, 1.54) is 30.0 Å². The van der Waals surface area contributed by atoms with Crippen molar-refractivity contribution < 1.29 is 33.8 Å². The van der Waals surface area contributed by atoms with Gasteiger partial charge in [-0.1, -0.05) is 36.4 Å². The van der Waals surface area contributed by atoms with Crippen LogP contribution in [0.3, 0.4) is 0 Å². The zero-order chi connectivity index (χ0) is 26.5. The molecule has 1 aromatic carbocycles. The highest BCUT2D eigenvalue weighted by Crippen LogP contribution is 2.40. The molecule has 3 amide bonds. The molecule has 0 spiro atoms. The molecule has 0 radical (unpaired) electrons. The summed E-state index contributed by atoms with van der Waals surface area (Å²) in [5, 5.41) is 16.3. The van der Waals surface area contributed by atoms with E-state index in [0.717, 1.165) is 10.5 Å². The Bertz CT molecular complexity index is 1230. The first-order valence-corrected chi connectivity index (χ1v) is 13.4. The van der Waals surface area contributed by atoms with E-state index in [-0.39, 0.29) is 30.4 Å². The molecule has 1 saturated heterocycles. The van der Waals surface area contributed by atoms with E-state index in [2.05, 4.69) is 10.6 Å². The van der Waals surface area contributed by atoms with Crippen molar-refractivity contribution in [2.45, 2.75) is 37.2 Å². The number of amides is 3. The molecule has 1 unspecified atom stereocenters. The van der Waals surface area contributed by atoms with E-state index < -0.39 is 41.2 Å². The number of hydrogen-bond acceptors (Lipinski definition) is 8. The van der Waals surface area contributed by atoms with Gasteiger partial charge in [-0.25, -0.2) is 4.79 Å². The number of ether oxygens (including phenoxy) is 1. The summed E-state index contributed by atoms with van der Waals surface area (Å²) < 4.78 is 4.93. The second-order valence-electron chi connectivity index (χ2n) is 8.44. The highest BCUT2D eigenvalue weighted by Gasteiger charge is 2.54. The van der Waals surface area contributed by atoms with Gasteiger partial charge in [0.15, 0.2) is 0 Å². The predicted molar refractivity (Wildman–Crippen MR) is 136 cm³/mol. The molecule has 37 heavy (non-hydrogen) atoms. The minimum Gasteiger partial charge on any atom is -0.477 e. The lowest BCUT2D eigenvalue weighted by Gasteiger charge is -2.49. The Kier molecular flexibility index (Phi) is 8.29. The molecule has 1 aromatic heterocycles. The molecule has 3 N–H and O–H groups in total. The van der Waals surface area contributed by atoms with Gasteiger partial charge >= 0.3 is 11.9 Å². The van der Waals surface area contributed by atoms with Gasteiger partial charge in [0.2, 0.25) is 11.8 Å². The van der Waals surface area contributed by atoms with Crippen LogP contribution >= 0.6 is 23.1 Å². The minimum atomic E-state index is -1.31. The molecular formula is C25H25N3O7S2. The van der Waals surface area contributed by atoms with Gasteiger partial charge in [-0.15, -0.1) is 23.1 Å². The zero-order valence-electron chi connectivity index (χ0n) is 19.8. The Morgan fingerprint density at radius 1 is 1.16 bits per heavy atom. The number of carbonyl (C=O) groups excluding carboxylic acids is 4. The molecule has 10 nitrogen and oxygen atoms in total. The van der Waals surface area contributed by atoms with Gasteiger partial charge in [-0.3, -0.25) is 24.1 Å². The lowest BCUT2D eigenvalue weighted by Crippen LogP contribution is -2.71. The monoisotopic (exact) mass is 543 g/mol. The molecule has 3 atom stereocenters. The average molecular weight is 544 g/mol. The number of rotatable bonds is 10. The first kappa shape index (κ1) is 26.4. The van der Waals surface area contributed by atoms with Gasteiger partial charge in [0.25, 0.3) is 5.91 Å². The minimum absolute atomic E-state index is 0.186. The van der Waals surface area contributed by atoms with E-state index >= 15 is 0 Å². The SMILES string of the molecule is CC(=O)OCC1=C(C(=O)O)N2C(=O)[C@@H](NC(=O)C(NC(=O)CCc3ccccc3)c3cccs3)[C@H]2SC1. The third-order valence-corrected chi connectivity index (χ3v) is 8.15. The van der Waals surface area contributed by atoms with Gasteiger partial charge in [0.05, 0.1) is 0 Å². The highest BCUT2D eigenvalue weighted by atomic mass is 32.2. The second kappa shape index (κ2) is 11.6. The molecule has 2 aliphatic rings. The molecule has 0 saturated carbocycles. The number of β-lactam (4-membered cyclic amide) rings is 1. The number of fused-ring (bicyclic) bond motifs is 1.